The second-order valence-electron chi connectivity index (χ2n) is 3.52. The summed E-state index contributed by atoms with van der Waals surface area (Å²) in [4.78, 5) is 13.8. The van der Waals surface area contributed by atoms with Gasteiger partial charge in [-0.25, -0.2) is 4.98 Å². The summed E-state index contributed by atoms with van der Waals surface area (Å²) in [6, 6.07) is 2.80. The average Bonchev–Trinajstić information content (AvgIpc) is 2.81. The molecule has 1 aliphatic rings. The Morgan fingerprint density at radius 2 is 2.38 bits per heavy atom. The van der Waals surface area contributed by atoms with Crippen LogP contribution in [0.15, 0.2) is 23.4 Å². The van der Waals surface area contributed by atoms with E-state index in [9.17, 15) is 14.3 Å². The number of nitro groups is 1. The van der Waals surface area contributed by atoms with Gasteiger partial charge >= 0.3 is 0 Å². The molecule has 0 aromatic carbocycles. The topological polar surface area (TPSA) is 85.1 Å². The van der Waals surface area contributed by atoms with Crippen LogP contribution < -0.4 is 5.32 Å². The highest BCUT2D eigenvalue weighted by Gasteiger charge is 2.23. The molecule has 0 amide bonds. The van der Waals surface area contributed by atoms with Crippen molar-refractivity contribution < 1.29 is 9.13 Å². The van der Waals surface area contributed by atoms with Crippen molar-refractivity contribution in [2.24, 2.45) is 0 Å². The van der Waals surface area contributed by atoms with Gasteiger partial charge in [-0.1, -0.05) is 0 Å². The van der Waals surface area contributed by atoms with E-state index < -0.39 is 15.7 Å². The van der Waals surface area contributed by atoms with E-state index in [0.29, 0.717) is 11.6 Å². The van der Waals surface area contributed by atoms with E-state index >= 15 is 0 Å². The largest absolute Gasteiger partial charge is 0.315 e. The fourth-order valence-electron chi connectivity index (χ4n) is 1.58. The van der Waals surface area contributed by atoms with Gasteiger partial charge in [-0.2, -0.15) is 0 Å². The van der Waals surface area contributed by atoms with Crippen molar-refractivity contribution in [3.8, 4) is 0 Å². The van der Waals surface area contributed by atoms with Crippen LogP contribution in [0.1, 0.15) is 6.42 Å². The fourth-order valence-corrected chi connectivity index (χ4v) is 2.88. The zero-order chi connectivity index (χ0) is 11.5. The van der Waals surface area contributed by atoms with Crippen LogP contribution in [0.2, 0.25) is 0 Å². The molecule has 0 bridgehead atoms. The van der Waals surface area contributed by atoms with Crippen LogP contribution >= 0.6 is 0 Å². The fraction of sp³-hybridized carbons (Fsp3) is 0.444. The molecule has 1 fully saturated rings. The van der Waals surface area contributed by atoms with E-state index in [-0.39, 0.29) is 10.9 Å². The van der Waals surface area contributed by atoms with Crippen LogP contribution in [-0.4, -0.2) is 32.5 Å². The third-order valence-corrected chi connectivity index (χ3v) is 4.12. The second-order valence-corrected chi connectivity index (χ2v) is 5.20. The van der Waals surface area contributed by atoms with Crippen molar-refractivity contribution in [2.45, 2.75) is 16.7 Å². The number of pyridine rings is 1. The molecular weight excluding hydrogens is 230 g/mol. The summed E-state index contributed by atoms with van der Waals surface area (Å²) in [7, 11) is -1.18. The highest BCUT2D eigenvalue weighted by molar-refractivity contribution is 7.85. The van der Waals surface area contributed by atoms with Crippen LogP contribution in [0.4, 0.5) is 5.69 Å². The number of rotatable bonds is 3. The highest BCUT2D eigenvalue weighted by Crippen LogP contribution is 2.16. The molecule has 0 spiro atoms. The molecule has 86 valence electrons. The predicted octanol–water partition coefficient (Wildman–Crippen LogP) is 0.459. The van der Waals surface area contributed by atoms with Crippen molar-refractivity contribution >= 4 is 16.5 Å². The monoisotopic (exact) mass is 241 g/mol. The molecule has 2 rings (SSSR count). The molecule has 1 aliphatic heterocycles. The maximum absolute atomic E-state index is 12.0. The minimum atomic E-state index is -1.18. The van der Waals surface area contributed by atoms with Crippen molar-refractivity contribution in [2.75, 3.05) is 13.1 Å². The first-order chi connectivity index (χ1) is 7.68. The van der Waals surface area contributed by atoms with Gasteiger partial charge in [-0.15, -0.1) is 0 Å². The quantitative estimate of drug-likeness (QED) is 0.613. The van der Waals surface area contributed by atoms with Gasteiger partial charge in [0.1, 0.15) is 11.2 Å². The van der Waals surface area contributed by atoms with Crippen molar-refractivity contribution in [3.05, 3.63) is 28.4 Å². The maximum Gasteiger partial charge on any atom is 0.287 e. The van der Waals surface area contributed by atoms with Gasteiger partial charge in [-0.3, -0.25) is 14.3 Å². The van der Waals surface area contributed by atoms with Gasteiger partial charge in [-0.05, 0) is 19.0 Å². The predicted molar refractivity (Wildman–Crippen MR) is 58.6 cm³/mol. The molecule has 16 heavy (non-hydrogen) atoms. The smallest absolute Gasteiger partial charge is 0.287 e. The molecule has 6 nitrogen and oxygen atoms in total. The third-order valence-electron chi connectivity index (χ3n) is 2.46. The van der Waals surface area contributed by atoms with Crippen LogP contribution in [0.25, 0.3) is 0 Å². The Morgan fingerprint density at radius 1 is 1.56 bits per heavy atom. The summed E-state index contributed by atoms with van der Waals surface area (Å²) in [5, 5.41) is 14.0. The first-order valence-electron chi connectivity index (χ1n) is 4.90. The molecule has 1 unspecified atom stereocenters. The van der Waals surface area contributed by atoms with Crippen LogP contribution in [-0.2, 0) is 10.8 Å². The average molecular weight is 241 g/mol. The van der Waals surface area contributed by atoms with Gasteiger partial charge in [0.05, 0.1) is 21.0 Å². The Morgan fingerprint density at radius 3 is 2.88 bits per heavy atom. The van der Waals surface area contributed by atoms with Crippen LogP contribution in [0.3, 0.4) is 0 Å². The zero-order valence-electron chi connectivity index (χ0n) is 8.46. The van der Waals surface area contributed by atoms with Gasteiger partial charge < -0.3 is 5.32 Å². The summed E-state index contributed by atoms with van der Waals surface area (Å²) >= 11 is 0. The molecule has 2 heterocycles. The SMILES string of the molecule is O=[N+]([O-])c1ccc(S(=O)[C@H]2CCNC2)nc1. The lowest BCUT2D eigenvalue weighted by molar-refractivity contribution is -0.385. The third kappa shape index (κ3) is 2.25. The Hall–Kier alpha value is -1.34. The van der Waals surface area contributed by atoms with E-state index in [2.05, 4.69) is 10.3 Å². The summed E-state index contributed by atoms with van der Waals surface area (Å²) in [6.07, 6.45) is 2.00. The van der Waals surface area contributed by atoms with Crippen LogP contribution in [0.5, 0.6) is 0 Å². The Kier molecular flexibility index (Phi) is 3.25. The molecule has 7 heteroatoms. The number of hydrogen-bond acceptors (Lipinski definition) is 5. The standard InChI is InChI=1S/C9H11N3O3S/c13-12(14)7-1-2-9(11-5-7)16(15)8-3-4-10-6-8/h1-2,5,8,10H,3-4,6H2/t8-,16?/m0/s1. The van der Waals surface area contributed by atoms with E-state index in [1.165, 1.54) is 12.1 Å². The molecule has 2 atom stereocenters. The number of aromatic nitrogens is 1. The van der Waals surface area contributed by atoms with E-state index in [4.69, 9.17) is 0 Å². The molecule has 0 radical (unpaired) electrons. The van der Waals surface area contributed by atoms with E-state index in [1.807, 2.05) is 0 Å². The molecular formula is C9H11N3O3S. The van der Waals surface area contributed by atoms with E-state index in [0.717, 1.165) is 19.2 Å². The van der Waals surface area contributed by atoms with E-state index in [1.54, 1.807) is 0 Å². The first kappa shape index (κ1) is 11.2. The van der Waals surface area contributed by atoms with Gasteiger partial charge in [0.15, 0.2) is 0 Å². The normalized spacial score (nSPS) is 21.9. The Labute approximate surface area is 94.7 Å². The molecule has 0 aliphatic carbocycles. The second kappa shape index (κ2) is 4.67. The molecule has 1 aromatic heterocycles. The molecule has 0 saturated carbocycles. The number of nitrogens with zero attached hydrogens (tertiary/aromatic N) is 2. The first-order valence-corrected chi connectivity index (χ1v) is 6.11. The van der Waals surface area contributed by atoms with Crippen molar-refractivity contribution in [1.82, 2.24) is 10.3 Å². The van der Waals surface area contributed by atoms with Crippen molar-refractivity contribution in [3.63, 3.8) is 0 Å². The lowest BCUT2D eigenvalue weighted by Crippen LogP contribution is -2.19. The lowest BCUT2D eigenvalue weighted by Gasteiger charge is -2.06. The number of hydrogen-bond donors (Lipinski definition) is 1. The lowest BCUT2D eigenvalue weighted by atomic mass is 10.4. The van der Waals surface area contributed by atoms with Gasteiger partial charge in [0.2, 0.25) is 0 Å². The Balaban J connectivity index is 2.14. The molecule has 1 aromatic rings. The summed E-state index contributed by atoms with van der Waals surface area (Å²) in [6.45, 7) is 1.58. The summed E-state index contributed by atoms with van der Waals surface area (Å²) in [5.74, 6) is 0. The van der Waals surface area contributed by atoms with Crippen LogP contribution in [0, 0.1) is 10.1 Å². The summed E-state index contributed by atoms with van der Waals surface area (Å²) in [5.41, 5.74) is -0.0784. The zero-order valence-corrected chi connectivity index (χ0v) is 9.27. The molecule has 1 saturated heterocycles. The molecule has 1 N–H and O–H groups in total. The Bertz CT molecular complexity index is 415. The summed E-state index contributed by atoms with van der Waals surface area (Å²) < 4.78 is 12.0. The minimum Gasteiger partial charge on any atom is -0.315 e. The highest BCUT2D eigenvalue weighted by atomic mass is 32.2. The van der Waals surface area contributed by atoms with Gasteiger partial charge in [0.25, 0.3) is 5.69 Å². The minimum absolute atomic E-state index is 0.0638. The number of nitrogens with one attached hydrogen (secondary N) is 1. The maximum atomic E-state index is 12.0. The van der Waals surface area contributed by atoms with Gasteiger partial charge in [0, 0.05) is 12.6 Å². The van der Waals surface area contributed by atoms with Crippen molar-refractivity contribution in [1.29, 1.82) is 0 Å².